The number of esters is 2. The number of fused-ring (bicyclic) bond motifs is 1. The van der Waals surface area contributed by atoms with E-state index in [0.717, 1.165) is 25.3 Å². The van der Waals surface area contributed by atoms with E-state index in [1.165, 1.54) is 38.5 Å². The Balaban J connectivity index is 1.59. The van der Waals surface area contributed by atoms with Gasteiger partial charge in [0.2, 0.25) is 0 Å². The summed E-state index contributed by atoms with van der Waals surface area (Å²) in [5.74, 6) is -2.33. The molecular formula is C29H31N5O4. The van der Waals surface area contributed by atoms with Gasteiger partial charge in [-0.15, -0.1) is 0 Å². The predicted molar refractivity (Wildman–Crippen MR) is 143 cm³/mol. The Morgan fingerprint density at radius 3 is 2.29 bits per heavy atom. The standard InChI is InChI=1S/C29H31N5O4/c1-37-28(35)25-24(19-7-4-3-5-8-19)23(17-30)27(31)34(26(25)29(36)38-2)21-12-10-20(11-13-21)33-16-15-32-14-6-9-22(32)18-33/h3-5,7-8,10-13,22,24H,6,9,14-16,18,31H2,1-2H3. The number of benzene rings is 2. The van der Waals surface area contributed by atoms with E-state index in [1.54, 1.807) is 24.3 Å². The Morgan fingerprint density at radius 1 is 0.947 bits per heavy atom. The number of allylic oxidation sites excluding steroid dienone is 1. The molecule has 3 aliphatic rings. The number of hydrogen-bond acceptors (Lipinski definition) is 9. The summed E-state index contributed by atoms with van der Waals surface area (Å²) in [6, 6.07) is 19.4. The van der Waals surface area contributed by atoms with Crippen molar-refractivity contribution in [1.82, 2.24) is 4.90 Å². The van der Waals surface area contributed by atoms with Crippen molar-refractivity contribution in [3.05, 3.63) is 82.8 Å². The number of rotatable bonds is 5. The smallest absolute Gasteiger partial charge is 0.355 e. The van der Waals surface area contributed by atoms with Crippen LogP contribution in [0.2, 0.25) is 0 Å². The van der Waals surface area contributed by atoms with E-state index in [0.29, 0.717) is 17.3 Å². The van der Waals surface area contributed by atoms with Gasteiger partial charge < -0.3 is 20.1 Å². The van der Waals surface area contributed by atoms with Gasteiger partial charge in [-0.25, -0.2) is 9.59 Å². The van der Waals surface area contributed by atoms with Gasteiger partial charge in [0.25, 0.3) is 0 Å². The third kappa shape index (κ3) is 4.37. The van der Waals surface area contributed by atoms with Crippen LogP contribution < -0.4 is 15.5 Å². The van der Waals surface area contributed by atoms with Crippen molar-refractivity contribution in [3.8, 4) is 6.07 Å². The highest BCUT2D eigenvalue weighted by atomic mass is 16.5. The van der Waals surface area contributed by atoms with E-state index >= 15 is 0 Å². The highest BCUT2D eigenvalue weighted by Gasteiger charge is 2.43. The number of carbonyl (C=O) groups is 2. The monoisotopic (exact) mass is 513 g/mol. The first-order valence-electron chi connectivity index (χ1n) is 12.7. The van der Waals surface area contributed by atoms with Crippen molar-refractivity contribution in [2.75, 3.05) is 50.2 Å². The number of nitriles is 1. The van der Waals surface area contributed by atoms with Gasteiger partial charge >= 0.3 is 11.9 Å². The molecule has 5 rings (SSSR count). The first kappa shape index (κ1) is 25.4. The zero-order valence-electron chi connectivity index (χ0n) is 21.6. The number of ether oxygens (including phenoxy) is 2. The maximum absolute atomic E-state index is 13.2. The molecule has 3 aliphatic heterocycles. The van der Waals surface area contributed by atoms with Crippen molar-refractivity contribution in [2.24, 2.45) is 5.73 Å². The molecule has 9 heteroatoms. The summed E-state index contributed by atoms with van der Waals surface area (Å²) >= 11 is 0. The normalized spacial score (nSPS) is 21.7. The van der Waals surface area contributed by atoms with Crippen molar-refractivity contribution in [3.63, 3.8) is 0 Å². The number of carbonyl (C=O) groups excluding carboxylic acids is 2. The molecule has 0 aliphatic carbocycles. The van der Waals surface area contributed by atoms with Gasteiger partial charge in [-0.05, 0) is 49.2 Å². The van der Waals surface area contributed by atoms with E-state index in [-0.39, 0.29) is 22.7 Å². The van der Waals surface area contributed by atoms with Crippen LogP contribution in [-0.2, 0) is 19.1 Å². The predicted octanol–water partition coefficient (Wildman–Crippen LogP) is 2.87. The second-order valence-corrected chi connectivity index (χ2v) is 9.63. The number of anilines is 2. The minimum Gasteiger partial charge on any atom is -0.466 e. The van der Waals surface area contributed by atoms with E-state index in [4.69, 9.17) is 15.2 Å². The molecule has 0 amide bonds. The summed E-state index contributed by atoms with van der Waals surface area (Å²) in [7, 11) is 2.48. The summed E-state index contributed by atoms with van der Waals surface area (Å²) in [6.45, 7) is 4.13. The SMILES string of the molecule is COC(=O)C1=C(C(=O)OC)N(c2ccc(N3CCN4CCCC4C3)cc2)C(N)=C(C#N)C1c1ccccc1. The Kier molecular flexibility index (Phi) is 7.07. The highest BCUT2D eigenvalue weighted by molar-refractivity contribution is 6.06. The van der Waals surface area contributed by atoms with Gasteiger partial charge in [-0.1, -0.05) is 30.3 Å². The largest absolute Gasteiger partial charge is 0.466 e. The third-order valence-corrected chi connectivity index (χ3v) is 7.67. The van der Waals surface area contributed by atoms with Gasteiger partial charge in [-0.2, -0.15) is 5.26 Å². The number of piperazine rings is 1. The topological polar surface area (TPSA) is 112 Å². The van der Waals surface area contributed by atoms with E-state index < -0.39 is 17.9 Å². The maximum atomic E-state index is 13.2. The van der Waals surface area contributed by atoms with Crippen LogP contribution in [-0.4, -0.2) is 63.3 Å². The first-order valence-corrected chi connectivity index (χ1v) is 12.7. The zero-order valence-corrected chi connectivity index (χ0v) is 21.6. The van der Waals surface area contributed by atoms with Crippen LogP contribution in [0.5, 0.6) is 0 Å². The second-order valence-electron chi connectivity index (χ2n) is 9.63. The van der Waals surface area contributed by atoms with Crippen LogP contribution in [0.4, 0.5) is 11.4 Å². The molecule has 0 radical (unpaired) electrons. The minimum atomic E-state index is -0.888. The summed E-state index contributed by atoms with van der Waals surface area (Å²) in [5.41, 5.74) is 8.90. The number of nitrogens with zero attached hydrogens (tertiary/aromatic N) is 4. The molecule has 2 atom stereocenters. The molecule has 196 valence electrons. The third-order valence-electron chi connectivity index (χ3n) is 7.67. The van der Waals surface area contributed by atoms with Crippen molar-refractivity contribution in [2.45, 2.75) is 24.8 Å². The molecule has 38 heavy (non-hydrogen) atoms. The molecule has 2 aromatic carbocycles. The lowest BCUT2D eigenvalue weighted by atomic mass is 9.81. The molecule has 0 saturated carbocycles. The fraction of sp³-hybridized carbons (Fsp3) is 0.345. The van der Waals surface area contributed by atoms with Gasteiger partial charge in [0, 0.05) is 37.1 Å². The molecule has 3 heterocycles. The van der Waals surface area contributed by atoms with Crippen molar-refractivity contribution < 1.29 is 19.1 Å². The van der Waals surface area contributed by atoms with Gasteiger partial charge in [0.1, 0.15) is 11.5 Å². The first-order chi connectivity index (χ1) is 18.5. The molecule has 2 fully saturated rings. The molecular weight excluding hydrogens is 482 g/mol. The summed E-state index contributed by atoms with van der Waals surface area (Å²) in [6.07, 6.45) is 2.46. The summed E-state index contributed by atoms with van der Waals surface area (Å²) in [4.78, 5) is 32.7. The summed E-state index contributed by atoms with van der Waals surface area (Å²) < 4.78 is 10.2. The molecule has 2 unspecified atom stereocenters. The Morgan fingerprint density at radius 2 is 1.63 bits per heavy atom. The number of nitrogens with two attached hydrogens (primary N) is 1. The number of hydrogen-bond donors (Lipinski definition) is 1. The van der Waals surface area contributed by atoms with Gasteiger partial charge in [-0.3, -0.25) is 9.80 Å². The van der Waals surface area contributed by atoms with Crippen LogP contribution in [0.1, 0.15) is 24.3 Å². The molecule has 0 spiro atoms. The van der Waals surface area contributed by atoms with Crippen molar-refractivity contribution in [1.29, 1.82) is 5.26 Å². The van der Waals surface area contributed by atoms with E-state index in [9.17, 15) is 14.9 Å². The molecule has 2 N–H and O–H groups in total. The van der Waals surface area contributed by atoms with Crippen LogP contribution in [0, 0.1) is 11.3 Å². The van der Waals surface area contributed by atoms with Gasteiger partial charge in [0.05, 0.1) is 37.4 Å². The highest BCUT2D eigenvalue weighted by Crippen LogP contribution is 2.43. The average molecular weight is 514 g/mol. The molecule has 2 saturated heterocycles. The molecule has 0 bridgehead atoms. The van der Waals surface area contributed by atoms with Crippen LogP contribution in [0.25, 0.3) is 0 Å². The van der Waals surface area contributed by atoms with Crippen LogP contribution >= 0.6 is 0 Å². The lowest BCUT2D eigenvalue weighted by molar-refractivity contribution is -0.139. The second kappa shape index (κ2) is 10.6. The number of methoxy groups -OCH3 is 2. The van der Waals surface area contributed by atoms with E-state index in [2.05, 4.69) is 15.9 Å². The molecule has 0 aromatic heterocycles. The zero-order chi connectivity index (χ0) is 26.8. The molecule has 2 aromatic rings. The fourth-order valence-electron chi connectivity index (χ4n) is 5.82. The minimum absolute atomic E-state index is 0.00210. The Labute approximate surface area is 222 Å². The molecule has 9 nitrogen and oxygen atoms in total. The van der Waals surface area contributed by atoms with Crippen molar-refractivity contribution >= 4 is 23.3 Å². The van der Waals surface area contributed by atoms with Gasteiger partial charge in [0.15, 0.2) is 0 Å². The quantitative estimate of drug-likeness (QED) is 0.603. The summed E-state index contributed by atoms with van der Waals surface area (Å²) in [5, 5.41) is 10.2. The lowest BCUT2D eigenvalue weighted by Gasteiger charge is -2.39. The average Bonchev–Trinajstić information content (AvgIpc) is 3.44. The lowest BCUT2D eigenvalue weighted by Crippen LogP contribution is -2.50. The fourth-order valence-corrected chi connectivity index (χ4v) is 5.82. The van der Waals surface area contributed by atoms with Crippen LogP contribution in [0.3, 0.4) is 0 Å². The Hall–Kier alpha value is -4.29. The Bertz CT molecular complexity index is 1330. The maximum Gasteiger partial charge on any atom is 0.355 e. The van der Waals surface area contributed by atoms with E-state index in [1.807, 2.05) is 30.3 Å². The van der Waals surface area contributed by atoms with Crippen LogP contribution in [0.15, 0.2) is 77.3 Å².